The quantitative estimate of drug-likeness (QED) is 0.785. The second-order valence-corrected chi connectivity index (χ2v) is 8.42. The summed E-state index contributed by atoms with van der Waals surface area (Å²) >= 11 is 0. The van der Waals surface area contributed by atoms with E-state index < -0.39 is 21.5 Å². The van der Waals surface area contributed by atoms with Crippen molar-refractivity contribution >= 4 is 16.1 Å². The molecule has 3 rings (SSSR count). The molecule has 2 aromatic rings. The van der Waals surface area contributed by atoms with Gasteiger partial charge in [-0.3, -0.25) is 4.79 Å². The molecule has 0 atom stereocenters. The fourth-order valence-electron chi connectivity index (χ4n) is 3.41. The molecule has 0 spiro atoms. The number of carbonyl (C=O) groups is 1. The molecule has 8 heteroatoms. The molecular formula is C19H22FN3O3S. The Morgan fingerprint density at radius 3 is 2.22 bits per heavy atom. The number of nitrogens with two attached hydrogens (primary N) is 1. The highest BCUT2D eigenvalue weighted by atomic mass is 32.2. The van der Waals surface area contributed by atoms with E-state index in [9.17, 15) is 17.6 Å². The van der Waals surface area contributed by atoms with Crippen LogP contribution in [0, 0.1) is 5.82 Å². The minimum atomic E-state index is -3.71. The molecule has 27 heavy (non-hydrogen) atoms. The number of amides is 1. The Balaban J connectivity index is 1.68. The first kappa shape index (κ1) is 19.5. The molecule has 0 radical (unpaired) electrons. The number of nitrogens with one attached hydrogen (secondary N) is 1. The van der Waals surface area contributed by atoms with Gasteiger partial charge in [0.15, 0.2) is 0 Å². The van der Waals surface area contributed by atoms with Crippen molar-refractivity contribution in [2.45, 2.75) is 24.8 Å². The summed E-state index contributed by atoms with van der Waals surface area (Å²) in [6.07, 6.45) is 0.646. The van der Waals surface area contributed by atoms with Crippen LogP contribution in [0.15, 0.2) is 54.6 Å². The molecule has 3 N–H and O–H groups in total. The number of halogens is 1. The largest absolute Gasteiger partial charge is 0.369 e. The molecular weight excluding hydrogens is 369 g/mol. The first-order valence-corrected chi connectivity index (χ1v) is 10.1. The second kappa shape index (κ2) is 7.75. The van der Waals surface area contributed by atoms with Crippen LogP contribution >= 0.6 is 0 Å². The van der Waals surface area contributed by atoms with Gasteiger partial charge in [0, 0.05) is 19.6 Å². The highest BCUT2D eigenvalue weighted by Crippen LogP contribution is 2.35. The third kappa shape index (κ3) is 4.18. The van der Waals surface area contributed by atoms with E-state index in [1.807, 2.05) is 30.3 Å². The molecule has 1 saturated heterocycles. The van der Waals surface area contributed by atoms with Gasteiger partial charge in [-0.2, -0.15) is 17.4 Å². The summed E-state index contributed by atoms with van der Waals surface area (Å²) in [6.45, 7) is 0.450. The topological polar surface area (TPSA) is 92.5 Å². The standard InChI is InChI=1S/C19H22FN3O3S/c20-17-8-6-15(7-9-17)14-22-27(25,26)23-12-10-19(11-13-23,18(21)24)16-4-2-1-3-5-16/h1-9,22H,10-14H2,(H2,21,24). The molecule has 0 aliphatic carbocycles. The van der Waals surface area contributed by atoms with Crippen LogP contribution in [0.1, 0.15) is 24.0 Å². The van der Waals surface area contributed by atoms with Crippen LogP contribution in [0.5, 0.6) is 0 Å². The van der Waals surface area contributed by atoms with E-state index in [1.54, 1.807) is 0 Å². The van der Waals surface area contributed by atoms with E-state index in [0.29, 0.717) is 18.4 Å². The lowest BCUT2D eigenvalue weighted by atomic mass is 9.72. The summed E-state index contributed by atoms with van der Waals surface area (Å²) in [5, 5.41) is 0. The Hall–Kier alpha value is -2.29. The van der Waals surface area contributed by atoms with Crippen molar-refractivity contribution in [2.75, 3.05) is 13.1 Å². The number of benzene rings is 2. The van der Waals surface area contributed by atoms with E-state index in [4.69, 9.17) is 5.73 Å². The van der Waals surface area contributed by atoms with Gasteiger partial charge in [0.05, 0.1) is 5.41 Å². The van der Waals surface area contributed by atoms with Crippen molar-refractivity contribution in [2.24, 2.45) is 5.73 Å². The van der Waals surface area contributed by atoms with E-state index in [2.05, 4.69) is 4.72 Å². The highest BCUT2D eigenvalue weighted by Gasteiger charge is 2.43. The van der Waals surface area contributed by atoms with Gasteiger partial charge in [0.1, 0.15) is 5.82 Å². The van der Waals surface area contributed by atoms with Crippen LogP contribution in [0.25, 0.3) is 0 Å². The van der Waals surface area contributed by atoms with E-state index >= 15 is 0 Å². The number of carbonyl (C=O) groups excluding carboxylic acids is 1. The lowest BCUT2D eigenvalue weighted by Crippen LogP contribution is -2.53. The van der Waals surface area contributed by atoms with E-state index in [1.165, 1.54) is 28.6 Å². The Bertz CT molecular complexity index is 894. The summed E-state index contributed by atoms with van der Waals surface area (Å²) < 4.78 is 41.9. The second-order valence-electron chi connectivity index (χ2n) is 6.66. The van der Waals surface area contributed by atoms with Gasteiger partial charge in [-0.1, -0.05) is 42.5 Å². The molecule has 2 aromatic carbocycles. The van der Waals surface area contributed by atoms with Crippen LogP contribution in [0.3, 0.4) is 0 Å². The molecule has 0 saturated carbocycles. The number of hydrogen-bond acceptors (Lipinski definition) is 3. The zero-order valence-corrected chi connectivity index (χ0v) is 15.6. The zero-order chi connectivity index (χ0) is 19.5. The number of primary amides is 1. The molecule has 144 valence electrons. The van der Waals surface area contributed by atoms with Crippen molar-refractivity contribution in [3.8, 4) is 0 Å². The van der Waals surface area contributed by atoms with Gasteiger partial charge in [0.2, 0.25) is 5.91 Å². The number of hydrogen-bond donors (Lipinski definition) is 2. The predicted octanol–water partition coefficient (Wildman–Crippen LogP) is 1.68. The summed E-state index contributed by atoms with van der Waals surface area (Å²) in [4.78, 5) is 12.2. The smallest absolute Gasteiger partial charge is 0.279 e. The van der Waals surface area contributed by atoms with Gasteiger partial charge >= 0.3 is 0 Å². The molecule has 1 amide bonds. The maximum atomic E-state index is 12.9. The van der Waals surface area contributed by atoms with Crippen molar-refractivity contribution in [1.29, 1.82) is 0 Å². The molecule has 1 heterocycles. The highest BCUT2D eigenvalue weighted by molar-refractivity contribution is 7.87. The SMILES string of the molecule is NC(=O)C1(c2ccccc2)CCN(S(=O)(=O)NCc2ccc(F)cc2)CC1. The van der Waals surface area contributed by atoms with Gasteiger partial charge in [-0.25, -0.2) is 4.39 Å². The maximum absolute atomic E-state index is 12.9. The normalized spacial score (nSPS) is 17.5. The summed E-state index contributed by atoms with van der Waals surface area (Å²) in [6, 6.07) is 14.9. The predicted molar refractivity (Wildman–Crippen MR) is 100 cm³/mol. The first-order valence-electron chi connectivity index (χ1n) is 8.68. The minimum absolute atomic E-state index is 0.0682. The Morgan fingerprint density at radius 1 is 1.07 bits per heavy atom. The number of nitrogens with zero attached hydrogens (tertiary/aromatic N) is 1. The third-order valence-corrected chi connectivity index (χ3v) is 6.64. The molecule has 0 unspecified atom stereocenters. The average Bonchev–Trinajstić information content (AvgIpc) is 2.68. The zero-order valence-electron chi connectivity index (χ0n) is 14.8. The average molecular weight is 391 g/mol. The van der Waals surface area contributed by atoms with Crippen molar-refractivity contribution in [3.05, 3.63) is 71.5 Å². The monoisotopic (exact) mass is 391 g/mol. The molecule has 1 fully saturated rings. The van der Waals surface area contributed by atoms with Gasteiger partial charge in [-0.05, 0) is 36.1 Å². The van der Waals surface area contributed by atoms with Crippen LogP contribution in [-0.2, 0) is 27.0 Å². The first-order chi connectivity index (χ1) is 12.8. The van der Waals surface area contributed by atoms with Crippen LogP contribution < -0.4 is 10.5 Å². The molecule has 1 aliphatic rings. The summed E-state index contributed by atoms with van der Waals surface area (Å²) in [5.74, 6) is -0.814. The van der Waals surface area contributed by atoms with Gasteiger partial charge < -0.3 is 5.73 Å². The lowest BCUT2D eigenvalue weighted by Gasteiger charge is -2.39. The lowest BCUT2D eigenvalue weighted by molar-refractivity contribution is -0.125. The summed E-state index contributed by atoms with van der Waals surface area (Å²) in [5.41, 5.74) is 6.30. The molecule has 0 aromatic heterocycles. The van der Waals surface area contributed by atoms with Crippen molar-refractivity contribution < 1.29 is 17.6 Å². The Morgan fingerprint density at radius 2 is 1.67 bits per heavy atom. The molecule has 6 nitrogen and oxygen atoms in total. The van der Waals surface area contributed by atoms with Crippen LogP contribution in [-0.4, -0.2) is 31.7 Å². The third-order valence-electron chi connectivity index (χ3n) is 5.09. The Labute approximate surface area is 158 Å². The van der Waals surface area contributed by atoms with Crippen molar-refractivity contribution in [1.82, 2.24) is 9.03 Å². The molecule has 0 bridgehead atoms. The number of rotatable bonds is 6. The van der Waals surface area contributed by atoms with Gasteiger partial charge in [-0.15, -0.1) is 0 Å². The van der Waals surface area contributed by atoms with E-state index in [0.717, 1.165) is 5.56 Å². The minimum Gasteiger partial charge on any atom is -0.369 e. The van der Waals surface area contributed by atoms with Gasteiger partial charge in [0.25, 0.3) is 10.2 Å². The fourth-order valence-corrected chi connectivity index (χ4v) is 4.61. The summed E-state index contributed by atoms with van der Waals surface area (Å²) in [7, 11) is -3.71. The van der Waals surface area contributed by atoms with Crippen molar-refractivity contribution in [3.63, 3.8) is 0 Å². The van der Waals surface area contributed by atoms with Crippen LogP contribution in [0.4, 0.5) is 4.39 Å². The van der Waals surface area contributed by atoms with E-state index in [-0.39, 0.29) is 25.5 Å². The number of piperidine rings is 1. The Kier molecular flexibility index (Phi) is 5.59. The fraction of sp³-hybridized carbons (Fsp3) is 0.316. The maximum Gasteiger partial charge on any atom is 0.279 e. The van der Waals surface area contributed by atoms with Crippen LogP contribution in [0.2, 0.25) is 0 Å². The molecule has 1 aliphatic heterocycles.